The number of carbonyl (C=O) groups is 3. The fourth-order valence-corrected chi connectivity index (χ4v) is 4.55. The molecule has 2 amide bonds. The van der Waals surface area contributed by atoms with Gasteiger partial charge in [-0.2, -0.15) is 0 Å². The van der Waals surface area contributed by atoms with Crippen molar-refractivity contribution in [3.63, 3.8) is 0 Å². The van der Waals surface area contributed by atoms with Crippen molar-refractivity contribution in [3.8, 4) is 0 Å². The van der Waals surface area contributed by atoms with E-state index < -0.39 is 28.9 Å². The van der Waals surface area contributed by atoms with E-state index in [4.69, 9.17) is 4.74 Å². The molecule has 1 rings (SSSR count). The Balaban J connectivity index is 3.25. The predicted molar refractivity (Wildman–Crippen MR) is 155 cm³/mol. The van der Waals surface area contributed by atoms with Crippen molar-refractivity contribution in [3.05, 3.63) is 59.7 Å². The van der Waals surface area contributed by atoms with Crippen LogP contribution in [0.15, 0.2) is 54.1 Å². The van der Waals surface area contributed by atoms with E-state index in [2.05, 4.69) is 10.6 Å². The first-order valence-corrected chi connectivity index (χ1v) is 13.4. The van der Waals surface area contributed by atoms with Crippen LogP contribution in [0, 0.1) is 11.3 Å². The molecule has 0 spiro atoms. The van der Waals surface area contributed by atoms with E-state index >= 15 is 0 Å². The van der Waals surface area contributed by atoms with Gasteiger partial charge in [0.15, 0.2) is 0 Å². The Morgan fingerprint density at radius 1 is 1.00 bits per heavy atom. The lowest BCUT2D eigenvalue weighted by Gasteiger charge is -2.40. The minimum absolute atomic E-state index is 0.105. The molecule has 0 aliphatic rings. The normalized spacial score (nSPS) is 15.2. The van der Waals surface area contributed by atoms with Crippen LogP contribution < -0.4 is 10.6 Å². The number of allylic oxidation sites excluding steroid dienone is 2. The first-order chi connectivity index (χ1) is 17.6. The van der Waals surface area contributed by atoms with Crippen LogP contribution in [0.3, 0.4) is 0 Å². The van der Waals surface area contributed by atoms with Crippen molar-refractivity contribution < 1.29 is 19.1 Å². The molecule has 0 aromatic heterocycles. The zero-order chi connectivity index (χ0) is 29.3. The summed E-state index contributed by atoms with van der Waals surface area (Å²) in [5.74, 6) is -0.698. The summed E-state index contributed by atoms with van der Waals surface area (Å²) in [6.45, 7) is 17.9. The minimum atomic E-state index is -0.743. The topological polar surface area (TPSA) is 87.7 Å². The maximum Gasteiger partial charge on any atom is 0.330 e. The Labute approximate surface area is 230 Å². The third-order valence-corrected chi connectivity index (χ3v) is 6.87. The lowest BCUT2D eigenvalue weighted by molar-refractivity contribution is -0.140. The summed E-state index contributed by atoms with van der Waals surface area (Å²) < 4.78 is 4.95. The molecule has 0 saturated carbocycles. The second kappa shape index (κ2) is 14.3. The van der Waals surface area contributed by atoms with Gasteiger partial charge in [-0.25, -0.2) is 4.79 Å². The summed E-state index contributed by atoms with van der Waals surface area (Å²) in [5.41, 5.74) is 0.831. The Hall–Kier alpha value is -2.93. The van der Waals surface area contributed by atoms with Crippen LogP contribution >= 0.6 is 0 Å². The summed E-state index contributed by atoms with van der Waals surface area (Å²) in [5, 5.41) is 6.25. The first kappa shape index (κ1) is 33.1. The van der Waals surface area contributed by atoms with Crippen LogP contribution in [-0.4, -0.2) is 61.5 Å². The summed E-state index contributed by atoms with van der Waals surface area (Å²) in [4.78, 5) is 41.0. The van der Waals surface area contributed by atoms with Gasteiger partial charge in [0, 0.05) is 18.5 Å². The van der Waals surface area contributed by atoms with E-state index in [0.29, 0.717) is 6.61 Å². The molecule has 0 heterocycles. The molecule has 0 bridgehead atoms. The fraction of sp³-hybridized carbons (Fsp3) is 0.581. The molecule has 7 heteroatoms. The van der Waals surface area contributed by atoms with Crippen LogP contribution in [-0.2, 0) is 24.5 Å². The van der Waals surface area contributed by atoms with Crippen molar-refractivity contribution in [2.75, 3.05) is 20.7 Å². The van der Waals surface area contributed by atoms with Gasteiger partial charge in [-0.3, -0.25) is 9.59 Å². The van der Waals surface area contributed by atoms with Crippen LogP contribution in [0.25, 0.3) is 0 Å². The number of ether oxygens (including phenoxy) is 1. The van der Waals surface area contributed by atoms with Gasteiger partial charge in [0.05, 0.1) is 18.7 Å². The number of hydrogen-bond donors (Lipinski definition) is 2. The third-order valence-electron chi connectivity index (χ3n) is 6.87. The molecule has 0 saturated heterocycles. The summed E-state index contributed by atoms with van der Waals surface area (Å²) >= 11 is 0. The molecular formula is C31H49N3O4. The lowest BCUT2D eigenvalue weighted by Crippen LogP contribution is -2.61. The molecule has 0 radical (unpaired) electrons. The van der Waals surface area contributed by atoms with E-state index in [0.717, 1.165) is 11.1 Å². The van der Waals surface area contributed by atoms with E-state index in [1.807, 2.05) is 91.8 Å². The molecule has 2 N–H and O–H groups in total. The van der Waals surface area contributed by atoms with Crippen LogP contribution in [0.1, 0.15) is 67.9 Å². The van der Waals surface area contributed by atoms with Gasteiger partial charge < -0.3 is 20.3 Å². The van der Waals surface area contributed by atoms with E-state index in [1.165, 1.54) is 6.08 Å². The SMILES string of the molecule is CCOC(=O)C=CC(C)=C[C@H](C(C)C)N(C)C(=O)[C@@H](NC(=O)[C@@H](NC)C(C)(C)c1ccccc1)C(C)(C)C. The molecule has 3 atom stereocenters. The molecule has 7 nitrogen and oxygen atoms in total. The average molecular weight is 528 g/mol. The van der Waals surface area contributed by atoms with Gasteiger partial charge in [0.2, 0.25) is 11.8 Å². The Morgan fingerprint density at radius 2 is 1.58 bits per heavy atom. The van der Waals surface area contributed by atoms with Crippen molar-refractivity contribution in [2.45, 2.75) is 85.9 Å². The van der Waals surface area contributed by atoms with Crippen LogP contribution in [0.2, 0.25) is 0 Å². The highest BCUT2D eigenvalue weighted by atomic mass is 16.5. The number of hydrogen-bond acceptors (Lipinski definition) is 5. The van der Waals surface area contributed by atoms with Gasteiger partial charge in [-0.15, -0.1) is 0 Å². The zero-order valence-electron chi connectivity index (χ0n) is 25.2. The second-order valence-corrected chi connectivity index (χ2v) is 11.8. The molecule has 38 heavy (non-hydrogen) atoms. The Morgan fingerprint density at radius 3 is 2.05 bits per heavy atom. The number of nitrogens with zero attached hydrogens (tertiary/aromatic N) is 1. The number of carbonyl (C=O) groups excluding carboxylic acids is 3. The number of nitrogens with one attached hydrogen (secondary N) is 2. The number of esters is 1. The molecule has 0 aliphatic carbocycles. The maximum absolute atomic E-state index is 13.9. The van der Waals surface area contributed by atoms with Crippen molar-refractivity contribution in [1.29, 1.82) is 0 Å². The average Bonchev–Trinajstić information content (AvgIpc) is 2.83. The molecule has 0 aliphatic heterocycles. The predicted octanol–water partition coefficient (Wildman–Crippen LogP) is 4.63. The minimum Gasteiger partial charge on any atom is -0.463 e. The van der Waals surface area contributed by atoms with Gasteiger partial charge in [0.1, 0.15) is 6.04 Å². The number of rotatable bonds is 12. The highest BCUT2D eigenvalue weighted by Crippen LogP contribution is 2.29. The van der Waals surface area contributed by atoms with Gasteiger partial charge >= 0.3 is 5.97 Å². The summed E-state index contributed by atoms with van der Waals surface area (Å²) in [7, 11) is 3.53. The zero-order valence-corrected chi connectivity index (χ0v) is 25.2. The number of benzene rings is 1. The second-order valence-electron chi connectivity index (χ2n) is 11.8. The van der Waals surface area contributed by atoms with Gasteiger partial charge in [-0.05, 0) is 37.8 Å². The Bertz CT molecular complexity index is 990. The molecule has 0 fully saturated rings. The van der Waals surface area contributed by atoms with Crippen molar-refractivity contribution in [2.24, 2.45) is 11.3 Å². The molecule has 212 valence electrons. The largest absolute Gasteiger partial charge is 0.463 e. The number of likely N-dealkylation sites (N-methyl/N-ethyl adjacent to an activating group) is 2. The summed E-state index contributed by atoms with van der Waals surface area (Å²) in [6, 6.07) is 8.36. The highest BCUT2D eigenvalue weighted by molar-refractivity contribution is 5.91. The fourth-order valence-electron chi connectivity index (χ4n) is 4.55. The standard InChI is InChI=1S/C31H49N3O4/c1-12-38-25(35)19-18-22(4)20-24(21(2)3)34(11)29(37)27(30(5,6)7)33-28(36)26(32-10)31(8,9)23-16-14-13-15-17-23/h13-21,24,26-27,32H,12H2,1-11H3,(H,33,36)/t24-,26-,27-/m1/s1. The van der Waals surface area contributed by atoms with Gasteiger partial charge in [-0.1, -0.05) is 96.5 Å². The third kappa shape index (κ3) is 9.12. The lowest BCUT2D eigenvalue weighted by atomic mass is 9.76. The smallest absolute Gasteiger partial charge is 0.330 e. The van der Waals surface area contributed by atoms with E-state index in [1.54, 1.807) is 32.0 Å². The first-order valence-electron chi connectivity index (χ1n) is 13.4. The highest BCUT2D eigenvalue weighted by Gasteiger charge is 2.41. The van der Waals surface area contributed by atoms with Gasteiger partial charge in [0.25, 0.3) is 0 Å². The Kier molecular flexibility index (Phi) is 12.4. The molecule has 1 aromatic rings. The summed E-state index contributed by atoms with van der Waals surface area (Å²) in [6.07, 6.45) is 5.05. The monoisotopic (exact) mass is 527 g/mol. The number of amides is 2. The van der Waals surface area contributed by atoms with Crippen LogP contribution in [0.5, 0.6) is 0 Å². The molecule has 0 unspecified atom stereocenters. The van der Waals surface area contributed by atoms with E-state index in [-0.39, 0.29) is 23.8 Å². The molecular weight excluding hydrogens is 478 g/mol. The van der Waals surface area contributed by atoms with Crippen LogP contribution in [0.4, 0.5) is 0 Å². The van der Waals surface area contributed by atoms with Crippen molar-refractivity contribution in [1.82, 2.24) is 15.5 Å². The quantitative estimate of drug-likeness (QED) is 0.235. The maximum atomic E-state index is 13.9. The van der Waals surface area contributed by atoms with Crippen molar-refractivity contribution >= 4 is 17.8 Å². The van der Waals surface area contributed by atoms with E-state index in [9.17, 15) is 14.4 Å². The molecule has 1 aromatic carbocycles.